The molecule has 0 radical (unpaired) electrons. The molecule has 1 aliphatic carbocycles. The predicted molar refractivity (Wildman–Crippen MR) is 142 cm³/mol. The Morgan fingerprint density at radius 3 is 2.58 bits per heavy atom. The summed E-state index contributed by atoms with van der Waals surface area (Å²) in [6.07, 6.45) is 4.40. The number of hydrogen-bond donors (Lipinski definition) is 2. The number of fused-ring (bicyclic) bond motifs is 3. The van der Waals surface area contributed by atoms with Crippen LogP contribution in [0.4, 0.5) is 9.59 Å². The number of nitrogens with one attached hydrogen (secondary N) is 1. The first-order chi connectivity index (χ1) is 19.0. The largest absolute Gasteiger partial charge is 0.489 e. The Hall–Kier alpha value is -3.76. The molecule has 0 aromatic heterocycles. The van der Waals surface area contributed by atoms with E-state index in [-0.39, 0.29) is 25.0 Å². The van der Waals surface area contributed by atoms with E-state index in [1.54, 1.807) is 25.7 Å². The maximum absolute atomic E-state index is 13.7. The number of alkyl carbamates (subject to hydrolysis) is 1. The van der Waals surface area contributed by atoms with Crippen LogP contribution >= 0.6 is 0 Å². The van der Waals surface area contributed by atoms with Crippen molar-refractivity contribution in [1.82, 2.24) is 15.1 Å². The number of amides is 3. The Morgan fingerprint density at radius 1 is 1.10 bits per heavy atom. The first-order valence-electron chi connectivity index (χ1n) is 13.8. The van der Waals surface area contributed by atoms with Crippen LogP contribution in [0.5, 0.6) is 5.75 Å². The molecule has 1 unspecified atom stereocenters. The van der Waals surface area contributed by atoms with Crippen LogP contribution in [0.25, 0.3) is 0 Å². The van der Waals surface area contributed by atoms with Gasteiger partial charge in [-0.05, 0) is 36.3 Å². The lowest BCUT2D eigenvalue weighted by Crippen LogP contribution is -2.57. The van der Waals surface area contributed by atoms with Gasteiger partial charge in [0.25, 0.3) is 0 Å². The standard InChI is InChI=1S/C29H37N3O8/c1-28(2,3)23-24(33)32-15-19(13-21(32)25(34)35)40-27(37)31-14-18-7-6-8-22(20(18)16-31)38-12-5-4-9-29(10-11-29)17-39-26(36)30-23/h4-8,19,21,23H,9-17H2,1-3H3,(H,30,36)(H,34,35)/b5-4+/t19-,21?,23-/m1/s1. The van der Waals surface area contributed by atoms with Gasteiger partial charge in [0.05, 0.1) is 19.7 Å². The summed E-state index contributed by atoms with van der Waals surface area (Å²) in [4.78, 5) is 54.5. The van der Waals surface area contributed by atoms with Gasteiger partial charge in [0.15, 0.2) is 0 Å². The molecule has 1 saturated heterocycles. The monoisotopic (exact) mass is 555 g/mol. The summed E-state index contributed by atoms with van der Waals surface area (Å²) in [5, 5.41) is 12.6. The summed E-state index contributed by atoms with van der Waals surface area (Å²) >= 11 is 0. The minimum absolute atomic E-state index is 0.0435. The Bertz CT molecular complexity index is 1220. The van der Waals surface area contributed by atoms with Crippen LogP contribution in [0, 0.1) is 10.8 Å². The number of ether oxygens (including phenoxy) is 3. The molecule has 40 heavy (non-hydrogen) atoms. The van der Waals surface area contributed by atoms with Crippen molar-refractivity contribution in [3.63, 3.8) is 0 Å². The van der Waals surface area contributed by atoms with Crippen molar-refractivity contribution in [2.24, 2.45) is 10.8 Å². The summed E-state index contributed by atoms with van der Waals surface area (Å²) in [6.45, 7) is 6.51. The second-order valence-corrected chi connectivity index (χ2v) is 12.3. The molecule has 4 aliphatic rings. The van der Waals surface area contributed by atoms with Crippen LogP contribution in [0.3, 0.4) is 0 Å². The van der Waals surface area contributed by atoms with Crippen LogP contribution in [0.2, 0.25) is 0 Å². The van der Waals surface area contributed by atoms with Crippen molar-refractivity contribution in [2.45, 2.75) is 77.7 Å². The second kappa shape index (κ2) is 10.7. The van der Waals surface area contributed by atoms with E-state index < -0.39 is 47.7 Å². The fourth-order valence-corrected chi connectivity index (χ4v) is 5.55. The molecule has 11 nitrogen and oxygen atoms in total. The number of cyclic esters (lactones) is 1. The third kappa shape index (κ3) is 5.88. The zero-order valence-electron chi connectivity index (χ0n) is 23.2. The van der Waals surface area contributed by atoms with Crippen LogP contribution in [-0.4, -0.2) is 76.9 Å². The van der Waals surface area contributed by atoms with Crippen molar-refractivity contribution >= 4 is 24.1 Å². The number of allylic oxidation sites excluding steroid dienone is 1. The van der Waals surface area contributed by atoms with Gasteiger partial charge in [-0.3, -0.25) is 9.69 Å². The molecular formula is C29H37N3O8. The Balaban J connectivity index is 1.40. The number of carbonyl (C=O) groups is 4. The fourth-order valence-electron chi connectivity index (χ4n) is 5.55. The van der Waals surface area contributed by atoms with Gasteiger partial charge in [-0.15, -0.1) is 0 Å². The van der Waals surface area contributed by atoms with E-state index >= 15 is 0 Å². The molecule has 11 heteroatoms. The molecule has 2 N–H and O–H groups in total. The number of nitrogens with zero attached hydrogens (tertiary/aromatic N) is 2. The smallest absolute Gasteiger partial charge is 0.410 e. The summed E-state index contributed by atoms with van der Waals surface area (Å²) in [7, 11) is 0. The van der Waals surface area contributed by atoms with Crippen LogP contribution in [-0.2, 0) is 32.2 Å². The SMILES string of the molecule is CC(C)(C)[C@@H]1NC(=O)OCC2(C/C=C/COc3cccc4c3CN(C4)C(=O)O[C@@H]3CC(C(=O)O)N(C3)C1=O)CC2. The maximum atomic E-state index is 13.7. The highest BCUT2D eigenvalue weighted by Crippen LogP contribution is 2.49. The molecule has 1 aromatic carbocycles. The van der Waals surface area contributed by atoms with Crippen molar-refractivity contribution in [2.75, 3.05) is 19.8 Å². The van der Waals surface area contributed by atoms with E-state index in [4.69, 9.17) is 14.2 Å². The average molecular weight is 556 g/mol. The molecule has 5 rings (SSSR count). The number of hydrogen-bond acceptors (Lipinski definition) is 7. The van der Waals surface area contributed by atoms with E-state index in [2.05, 4.69) is 5.32 Å². The molecule has 4 bridgehead atoms. The van der Waals surface area contributed by atoms with Gasteiger partial charge in [-0.25, -0.2) is 14.4 Å². The van der Waals surface area contributed by atoms with Gasteiger partial charge in [0, 0.05) is 23.9 Å². The lowest BCUT2D eigenvalue weighted by Gasteiger charge is -2.34. The molecule has 3 amide bonds. The van der Waals surface area contributed by atoms with Crippen molar-refractivity contribution in [3.8, 4) is 5.75 Å². The average Bonchev–Trinajstić information content (AvgIpc) is 3.30. The summed E-state index contributed by atoms with van der Waals surface area (Å²) in [5.74, 6) is -1.06. The molecule has 1 saturated carbocycles. The van der Waals surface area contributed by atoms with Crippen LogP contribution in [0.1, 0.15) is 57.6 Å². The minimum atomic E-state index is -1.20. The molecular weight excluding hydrogens is 518 g/mol. The summed E-state index contributed by atoms with van der Waals surface area (Å²) in [5.41, 5.74) is 1.01. The van der Waals surface area contributed by atoms with Crippen molar-refractivity contribution < 1.29 is 38.5 Å². The topological polar surface area (TPSA) is 135 Å². The normalized spacial score (nSPS) is 27.7. The minimum Gasteiger partial charge on any atom is -0.489 e. The van der Waals surface area contributed by atoms with Gasteiger partial charge in [-0.2, -0.15) is 0 Å². The molecule has 3 atom stereocenters. The van der Waals surface area contributed by atoms with Crippen molar-refractivity contribution in [3.05, 3.63) is 41.5 Å². The number of carboxylic acid groups (broad SMARTS) is 1. The first-order valence-corrected chi connectivity index (χ1v) is 13.8. The number of carboxylic acids is 1. The van der Waals surface area contributed by atoms with Crippen molar-refractivity contribution in [1.29, 1.82) is 0 Å². The van der Waals surface area contributed by atoms with Gasteiger partial charge >= 0.3 is 18.2 Å². The Labute approximate surface area is 233 Å². The lowest BCUT2D eigenvalue weighted by molar-refractivity contribution is -0.150. The highest BCUT2D eigenvalue weighted by molar-refractivity contribution is 5.90. The van der Waals surface area contributed by atoms with Gasteiger partial charge in [-0.1, -0.05) is 45.1 Å². The Morgan fingerprint density at radius 2 is 1.88 bits per heavy atom. The maximum Gasteiger partial charge on any atom is 0.410 e. The van der Waals surface area contributed by atoms with E-state index in [1.807, 2.05) is 30.4 Å². The number of rotatable bonds is 1. The van der Waals surface area contributed by atoms with Gasteiger partial charge < -0.3 is 29.5 Å². The highest BCUT2D eigenvalue weighted by Gasteiger charge is 2.47. The van der Waals surface area contributed by atoms with E-state index in [0.29, 0.717) is 25.4 Å². The zero-order chi connectivity index (χ0) is 28.7. The molecule has 3 heterocycles. The molecule has 1 spiro atoms. The first kappa shape index (κ1) is 27.8. The fraction of sp³-hybridized carbons (Fsp3) is 0.586. The lowest BCUT2D eigenvalue weighted by atomic mass is 9.85. The molecule has 2 fully saturated rings. The van der Waals surface area contributed by atoms with Crippen LogP contribution < -0.4 is 10.1 Å². The third-order valence-electron chi connectivity index (χ3n) is 8.19. The van der Waals surface area contributed by atoms with Gasteiger partial charge in [0.1, 0.15) is 30.5 Å². The predicted octanol–water partition coefficient (Wildman–Crippen LogP) is 3.45. The number of benzene rings is 1. The van der Waals surface area contributed by atoms with Gasteiger partial charge in [0.2, 0.25) is 5.91 Å². The quantitative estimate of drug-likeness (QED) is 0.503. The van der Waals surface area contributed by atoms with Crippen LogP contribution in [0.15, 0.2) is 30.4 Å². The zero-order valence-corrected chi connectivity index (χ0v) is 23.2. The Kier molecular flexibility index (Phi) is 7.41. The molecule has 3 aliphatic heterocycles. The second-order valence-electron chi connectivity index (χ2n) is 12.3. The summed E-state index contributed by atoms with van der Waals surface area (Å²) < 4.78 is 17.3. The number of carbonyl (C=O) groups excluding carboxylic acids is 3. The molecule has 216 valence electrons. The summed E-state index contributed by atoms with van der Waals surface area (Å²) in [6, 6.07) is 3.47. The van der Waals surface area contributed by atoms with E-state index in [0.717, 1.165) is 30.4 Å². The highest BCUT2D eigenvalue weighted by atomic mass is 16.6. The molecule has 1 aromatic rings. The third-order valence-corrected chi connectivity index (χ3v) is 8.19. The van der Waals surface area contributed by atoms with E-state index in [1.165, 1.54) is 4.90 Å². The number of aliphatic carboxylic acids is 1. The van der Waals surface area contributed by atoms with E-state index in [9.17, 15) is 24.3 Å².